The molecule has 5 heteroatoms. The third-order valence-electron chi connectivity index (χ3n) is 2.94. The molecule has 0 saturated carbocycles. The fraction of sp³-hybridized carbons (Fsp3) is 0.286. The number of benzene rings is 1. The van der Waals surface area contributed by atoms with Gasteiger partial charge in [0.1, 0.15) is 5.82 Å². The van der Waals surface area contributed by atoms with Gasteiger partial charge in [0.05, 0.1) is 18.2 Å². The van der Waals surface area contributed by atoms with E-state index in [0.717, 1.165) is 22.5 Å². The summed E-state index contributed by atoms with van der Waals surface area (Å²) in [5, 5.41) is 8.75. The van der Waals surface area contributed by atoms with Crippen LogP contribution in [0.5, 0.6) is 0 Å². The van der Waals surface area contributed by atoms with Gasteiger partial charge in [-0.25, -0.2) is 4.98 Å². The molecule has 0 fully saturated rings. The first kappa shape index (κ1) is 13.3. The second-order valence-corrected chi connectivity index (χ2v) is 4.67. The first-order valence-electron chi connectivity index (χ1n) is 6.08. The van der Waals surface area contributed by atoms with Gasteiger partial charge in [-0.15, -0.1) is 0 Å². The van der Waals surface area contributed by atoms with Crippen molar-refractivity contribution >= 4 is 5.97 Å². The molecule has 0 amide bonds. The predicted molar refractivity (Wildman–Crippen MR) is 72.7 cm³/mol. The van der Waals surface area contributed by atoms with Gasteiger partial charge in [0.15, 0.2) is 0 Å². The summed E-state index contributed by atoms with van der Waals surface area (Å²) in [5.41, 5.74) is 9.67. The Hall–Kier alpha value is -2.14. The summed E-state index contributed by atoms with van der Waals surface area (Å²) >= 11 is 0. The first-order chi connectivity index (χ1) is 8.97. The molecule has 4 N–H and O–H groups in total. The number of aliphatic carboxylic acids is 1. The molecule has 0 spiro atoms. The Kier molecular flexibility index (Phi) is 3.66. The van der Waals surface area contributed by atoms with Crippen molar-refractivity contribution < 1.29 is 9.90 Å². The van der Waals surface area contributed by atoms with E-state index >= 15 is 0 Å². The van der Waals surface area contributed by atoms with Crippen LogP contribution in [0, 0.1) is 13.8 Å². The van der Waals surface area contributed by atoms with E-state index in [2.05, 4.69) is 9.97 Å². The van der Waals surface area contributed by atoms with Crippen molar-refractivity contribution in [3.05, 3.63) is 41.3 Å². The van der Waals surface area contributed by atoms with Crippen LogP contribution in [0.3, 0.4) is 0 Å². The van der Waals surface area contributed by atoms with Crippen molar-refractivity contribution in [2.45, 2.75) is 26.3 Å². The lowest BCUT2D eigenvalue weighted by atomic mass is 10.1. The van der Waals surface area contributed by atoms with Gasteiger partial charge in [-0.1, -0.05) is 23.8 Å². The van der Waals surface area contributed by atoms with Crippen molar-refractivity contribution in [3.8, 4) is 11.3 Å². The van der Waals surface area contributed by atoms with Crippen LogP contribution >= 0.6 is 0 Å². The minimum Gasteiger partial charge on any atom is -0.481 e. The third kappa shape index (κ3) is 3.00. The van der Waals surface area contributed by atoms with E-state index < -0.39 is 12.0 Å². The monoisotopic (exact) mass is 259 g/mol. The Bertz CT molecular complexity index is 604. The molecule has 1 atom stereocenters. The smallest absolute Gasteiger partial charge is 0.305 e. The number of carboxylic acids is 1. The lowest BCUT2D eigenvalue weighted by Crippen LogP contribution is -2.16. The van der Waals surface area contributed by atoms with E-state index in [4.69, 9.17) is 10.8 Å². The molecule has 1 heterocycles. The molecule has 1 aromatic heterocycles. The van der Waals surface area contributed by atoms with E-state index in [0.29, 0.717) is 5.82 Å². The maximum atomic E-state index is 10.7. The van der Waals surface area contributed by atoms with E-state index in [1.165, 1.54) is 0 Å². The Morgan fingerprint density at radius 1 is 1.47 bits per heavy atom. The van der Waals surface area contributed by atoms with Crippen molar-refractivity contribution in [3.63, 3.8) is 0 Å². The summed E-state index contributed by atoms with van der Waals surface area (Å²) in [6.45, 7) is 3.92. The van der Waals surface area contributed by atoms with Crippen molar-refractivity contribution in [1.29, 1.82) is 0 Å². The summed E-state index contributed by atoms with van der Waals surface area (Å²) in [4.78, 5) is 18.2. The van der Waals surface area contributed by atoms with Gasteiger partial charge < -0.3 is 15.8 Å². The largest absolute Gasteiger partial charge is 0.481 e. The summed E-state index contributed by atoms with van der Waals surface area (Å²) in [6.07, 6.45) is -0.139. The zero-order valence-electron chi connectivity index (χ0n) is 11.0. The normalized spacial score (nSPS) is 12.4. The topological polar surface area (TPSA) is 92.0 Å². The molecule has 100 valence electrons. The number of imidazole rings is 1. The van der Waals surface area contributed by atoms with Crippen molar-refractivity contribution in [2.24, 2.45) is 5.73 Å². The summed E-state index contributed by atoms with van der Waals surface area (Å²) in [6, 6.07) is 7.38. The van der Waals surface area contributed by atoms with Crippen LogP contribution in [0.25, 0.3) is 11.3 Å². The highest BCUT2D eigenvalue weighted by atomic mass is 16.4. The number of nitrogens with two attached hydrogens (primary N) is 1. The van der Waals surface area contributed by atoms with Crippen molar-refractivity contribution in [1.82, 2.24) is 9.97 Å². The van der Waals surface area contributed by atoms with Crippen LogP contribution in [-0.2, 0) is 4.79 Å². The average molecular weight is 259 g/mol. The van der Waals surface area contributed by atoms with Crippen molar-refractivity contribution in [2.75, 3.05) is 0 Å². The molecule has 0 bridgehead atoms. The highest BCUT2D eigenvalue weighted by Gasteiger charge is 2.17. The molecule has 0 radical (unpaired) electrons. The zero-order chi connectivity index (χ0) is 14.0. The molecule has 2 rings (SSSR count). The number of aromatic nitrogens is 2. The Morgan fingerprint density at radius 3 is 2.84 bits per heavy atom. The molecule has 1 unspecified atom stereocenters. The van der Waals surface area contributed by atoms with Crippen LogP contribution < -0.4 is 5.73 Å². The SMILES string of the molecule is Cc1cccc(-c2nc(C(N)CC(=O)O)[nH]c2C)c1. The number of carbonyl (C=O) groups is 1. The van der Waals surface area contributed by atoms with Crippen LogP contribution in [0.1, 0.15) is 29.5 Å². The van der Waals surface area contributed by atoms with Gasteiger partial charge in [0.25, 0.3) is 0 Å². The minimum absolute atomic E-state index is 0.139. The Morgan fingerprint density at radius 2 is 2.21 bits per heavy atom. The molecular weight excluding hydrogens is 242 g/mol. The Balaban J connectivity index is 2.33. The molecule has 1 aromatic carbocycles. The van der Waals surface area contributed by atoms with E-state index in [9.17, 15) is 4.79 Å². The number of hydrogen-bond donors (Lipinski definition) is 3. The number of carboxylic acid groups (broad SMARTS) is 1. The number of rotatable bonds is 4. The summed E-state index contributed by atoms with van der Waals surface area (Å²) in [5.74, 6) is -0.421. The fourth-order valence-electron chi connectivity index (χ4n) is 2.02. The molecule has 0 aliphatic heterocycles. The molecule has 0 aliphatic carbocycles. The van der Waals surface area contributed by atoms with Crippen LogP contribution in [-0.4, -0.2) is 21.0 Å². The van der Waals surface area contributed by atoms with Gasteiger partial charge in [-0.2, -0.15) is 0 Å². The predicted octanol–water partition coefficient (Wildman–Crippen LogP) is 2.17. The van der Waals surface area contributed by atoms with Gasteiger partial charge in [0, 0.05) is 11.3 Å². The third-order valence-corrected chi connectivity index (χ3v) is 2.94. The molecule has 2 aromatic rings. The van der Waals surface area contributed by atoms with E-state index in [-0.39, 0.29) is 6.42 Å². The molecule has 0 aliphatic rings. The fourth-order valence-corrected chi connectivity index (χ4v) is 2.02. The lowest BCUT2D eigenvalue weighted by Gasteiger charge is -2.04. The maximum absolute atomic E-state index is 10.7. The maximum Gasteiger partial charge on any atom is 0.305 e. The second kappa shape index (κ2) is 5.24. The number of H-pyrrole nitrogens is 1. The van der Waals surface area contributed by atoms with Gasteiger partial charge >= 0.3 is 5.97 Å². The van der Waals surface area contributed by atoms with E-state index in [1.807, 2.05) is 38.1 Å². The number of hydrogen-bond acceptors (Lipinski definition) is 3. The average Bonchev–Trinajstić information content (AvgIpc) is 2.70. The van der Waals surface area contributed by atoms with Gasteiger partial charge in [-0.05, 0) is 19.9 Å². The zero-order valence-corrected chi connectivity index (χ0v) is 11.0. The Labute approximate surface area is 111 Å². The lowest BCUT2D eigenvalue weighted by molar-refractivity contribution is -0.137. The number of nitrogens with zero attached hydrogens (tertiary/aromatic N) is 1. The highest BCUT2D eigenvalue weighted by Crippen LogP contribution is 2.24. The van der Waals surface area contributed by atoms with Gasteiger partial charge in [0.2, 0.25) is 0 Å². The van der Waals surface area contributed by atoms with Crippen LogP contribution in [0.15, 0.2) is 24.3 Å². The minimum atomic E-state index is -0.932. The number of aromatic amines is 1. The number of nitrogens with one attached hydrogen (secondary N) is 1. The molecule has 0 saturated heterocycles. The first-order valence-corrected chi connectivity index (χ1v) is 6.08. The van der Waals surface area contributed by atoms with Gasteiger partial charge in [-0.3, -0.25) is 4.79 Å². The second-order valence-electron chi connectivity index (χ2n) is 4.67. The highest BCUT2D eigenvalue weighted by molar-refractivity contribution is 5.68. The molecule has 5 nitrogen and oxygen atoms in total. The summed E-state index contributed by atoms with van der Waals surface area (Å²) in [7, 11) is 0. The number of aryl methyl sites for hydroxylation is 2. The summed E-state index contributed by atoms with van der Waals surface area (Å²) < 4.78 is 0. The molecule has 19 heavy (non-hydrogen) atoms. The quantitative estimate of drug-likeness (QED) is 0.784. The van der Waals surface area contributed by atoms with Crippen LogP contribution in [0.2, 0.25) is 0 Å². The van der Waals surface area contributed by atoms with Crippen LogP contribution in [0.4, 0.5) is 0 Å². The van der Waals surface area contributed by atoms with E-state index in [1.54, 1.807) is 0 Å². The standard InChI is InChI=1S/C14H17N3O2/c1-8-4-3-5-10(6-8)13-9(2)16-14(17-13)11(15)7-12(18)19/h3-6,11H,7,15H2,1-2H3,(H,16,17)(H,18,19). The molecular formula is C14H17N3O2.